The Labute approximate surface area is 182 Å². The van der Waals surface area contributed by atoms with Crippen molar-refractivity contribution in [3.63, 3.8) is 0 Å². The molecule has 2 aliphatic rings. The molecule has 0 unspecified atom stereocenters. The summed E-state index contributed by atoms with van der Waals surface area (Å²) in [7, 11) is -2.50. The number of hydrogen-bond donors (Lipinski definition) is 2. The highest BCUT2D eigenvalue weighted by atomic mass is 35.5. The van der Waals surface area contributed by atoms with Crippen LogP contribution in [0.2, 0.25) is 0 Å². The molecule has 2 heterocycles. The van der Waals surface area contributed by atoms with Gasteiger partial charge in [0.2, 0.25) is 15.9 Å². The maximum absolute atomic E-state index is 13.1. The molecule has 1 aromatic rings. The highest BCUT2D eigenvalue weighted by molar-refractivity contribution is 7.89. The Morgan fingerprint density at radius 2 is 1.73 bits per heavy atom. The van der Waals surface area contributed by atoms with Gasteiger partial charge in [-0.2, -0.15) is 4.31 Å². The Hall–Kier alpha value is -1.88. The lowest BCUT2D eigenvalue weighted by molar-refractivity contribution is -0.141. The number of amides is 2. The first-order chi connectivity index (χ1) is 13.9. The summed E-state index contributed by atoms with van der Waals surface area (Å²) in [5.74, 6) is -0.808. The molecule has 0 spiro atoms. The van der Waals surface area contributed by atoms with Crippen LogP contribution in [0.15, 0.2) is 29.2 Å². The molecular formula is C19H28ClN3O6S. The largest absolute Gasteiger partial charge is 0.497 e. The number of hydroxylamine groups is 1. The van der Waals surface area contributed by atoms with E-state index in [1.54, 1.807) is 10.4 Å². The first kappa shape index (κ1) is 24.4. The van der Waals surface area contributed by atoms with E-state index in [4.69, 9.17) is 9.94 Å². The highest BCUT2D eigenvalue weighted by Crippen LogP contribution is 2.31. The van der Waals surface area contributed by atoms with Crippen molar-refractivity contribution in [1.29, 1.82) is 0 Å². The molecule has 2 atom stereocenters. The van der Waals surface area contributed by atoms with Crippen molar-refractivity contribution in [2.75, 3.05) is 26.7 Å². The van der Waals surface area contributed by atoms with Gasteiger partial charge in [-0.1, -0.05) is 0 Å². The maximum Gasteiger partial charge on any atom is 0.261 e. The highest BCUT2D eigenvalue weighted by Gasteiger charge is 2.43. The van der Waals surface area contributed by atoms with E-state index in [1.165, 1.54) is 31.4 Å². The molecule has 30 heavy (non-hydrogen) atoms. The van der Waals surface area contributed by atoms with E-state index in [0.717, 1.165) is 23.6 Å². The zero-order valence-corrected chi connectivity index (χ0v) is 18.5. The van der Waals surface area contributed by atoms with E-state index >= 15 is 0 Å². The van der Waals surface area contributed by atoms with Gasteiger partial charge in [-0.25, -0.2) is 13.9 Å². The number of benzene rings is 1. The summed E-state index contributed by atoms with van der Waals surface area (Å²) in [6.07, 6.45) is 3.38. The number of likely N-dealkylation sites (tertiary alicyclic amines) is 1. The normalized spacial score (nSPS) is 22.7. The average molecular weight is 462 g/mol. The van der Waals surface area contributed by atoms with Crippen LogP contribution < -0.4 is 10.2 Å². The number of sulfonamides is 1. The topological polar surface area (TPSA) is 116 Å². The molecule has 0 radical (unpaired) electrons. The molecule has 3 rings (SSSR count). The van der Waals surface area contributed by atoms with Crippen LogP contribution in [0.3, 0.4) is 0 Å². The summed E-state index contributed by atoms with van der Waals surface area (Å²) in [5.41, 5.74) is 1.56. The van der Waals surface area contributed by atoms with Gasteiger partial charge in [-0.15, -0.1) is 12.4 Å². The lowest BCUT2D eigenvalue weighted by Crippen LogP contribution is -2.55. The summed E-state index contributed by atoms with van der Waals surface area (Å²) < 4.78 is 32.4. The fourth-order valence-corrected chi connectivity index (χ4v) is 5.64. The Kier molecular flexibility index (Phi) is 8.48. The van der Waals surface area contributed by atoms with Crippen molar-refractivity contribution in [2.24, 2.45) is 5.92 Å². The van der Waals surface area contributed by atoms with E-state index in [1.807, 2.05) is 0 Å². The Bertz CT molecular complexity index is 842. The summed E-state index contributed by atoms with van der Waals surface area (Å²) in [6, 6.07) is 4.72. The second-order valence-electron chi connectivity index (χ2n) is 7.39. The van der Waals surface area contributed by atoms with Crippen LogP contribution in [0.5, 0.6) is 5.75 Å². The van der Waals surface area contributed by atoms with E-state index < -0.39 is 27.9 Å². The van der Waals surface area contributed by atoms with Gasteiger partial charge in [0.1, 0.15) is 11.8 Å². The number of carbonyl (C=O) groups is 2. The van der Waals surface area contributed by atoms with E-state index in [2.05, 4.69) is 0 Å². The number of hydrogen-bond acceptors (Lipinski definition) is 6. The van der Waals surface area contributed by atoms with Crippen LogP contribution in [0.25, 0.3) is 0 Å². The smallest absolute Gasteiger partial charge is 0.261 e. The molecule has 0 saturated carbocycles. The summed E-state index contributed by atoms with van der Waals surface area (Å²) >= 11 is 0. The van der Waals surface area contributed by atoms with Crippen LogP contribution in [0.1, 0.15) is 32.1 Å². The molecule has 11 heteroatoms. The SMILES string of the molecule is COc1ccc(S(=O)(=O)N2CC[C@@H](C(=O)N3CCCCC3)C[C@@H]2C(=O)NO)cc1.Cl. The van der Waals surface area contributed by atoms with Gasteiger partial charge >= 0.3 is 0 Å². The van der Waals surface area contributed by atoms with Gasteiger partial charge in [-0.3, -0.25) is 14.8 Å². The molecule has 2 N–H and O–H groups in total. The van der Waals surface area contributed by atoms with Crippen LogP contribution in [-0.4, -0.2) is 67.4 Å². The fourth-order valence-electron chi connectivity index (χ4n) is 4.02. The Morgan fingerprint density at radius 3 is 2.30 bits per heavy atom. The molecule has 2 amide bonds. The minimum Gasteiger partial charge on any atom is -0.497 e. The molecule has 168 valence electrons. The number of carbonyl (C=O) groups excluding carboxylic acids is 2. The molecule has 2 aliphatic heterocycles. The van der Waals surface area contributed by atoms with Gasteiger partial charge in [0.05, 0.1) is 12.0 Å². The zero-order valence-electron chi connectivity index (χ0n) is 16.8. The van der Waals surface area contributed by atoms with Crippen LogP contribution in [0.4, 0.5) is 0 Å². The summed E-state index contributed by atoms with van der Waals surface area (Å²) in [5, 5.41) is 9.15. The van der Waals surface area contributed by atoms with Crippen molar-refractivity contribution in [1.82, 2.24) is 14.7 Å². The fraction of sp³-hybridized carbons (Fsp3) is 0.579. The van der Waals surface area contributed by atoms with Gasteiger partial charge < -0.3 is 9.64 Å². The predicted octanol–water partition coefficient (Wildman–Crippen LogP) is 1.40. The molecule has 0 aromatic heterocycles. The molecule has 1 aromatic carbocycles. The Balaban J connectivity index is 0.00000320. The second-order valence-corrected chi connectivity index (χ2v) is 9.28. The van der Waals surface area contributed by atoms with E-state index in [-0.39, 0.29) is 36.2 Å². The number of nitrogens with zero attached hydrogens (tertiary/aromatic N) is 2. The monoisotopic (exact) mass is 461 g/mol. The first-order valence-corrected chi connectivity index (χ1v) is 11.2. The molecule has 2 fully saturated rings. The standard InChI is InChI=1S/C19H27N3O6S.ClH/c1-28-15-5-7-16(8-6-15)29(26,27)22-12-9-14(13-17(22)18(23)20-25)19(24)21-10-3-2-4-11-21;/h5-8,14,17,25H,2-4,9-13H2,1H3,(H,20,23);1H/t14-,17-;/m1./s1. The number of rotatable bonds is 5. The van der Waals surface area contributed by atoms with E-state index in [0.29, 0.717) is 25.3 Å². The summed E-state index contributed by atoms with van der Waals surface area (Å²) in [6.45, 7) is 1.41. The minimum atomic E-state index is -3.98. The molecular weight excluding hydrogens is 434 g/mol. The first-order valence-electron chi connectivity index (χ1n) is 9.77. The third kappa shape index (κ3) is 5.05. The third-order valence-electron chi connectivity index (χ3n) is 5.65. The second kappa shape index (κ2) is 10.4. The number of ether oxygens (including phenoxy) is 1. The molecule has 0 bridgehead atoms. The van der Waals surface area contributed by atoms with Crippen molar-refractivity contribution < 1.29 is 28.0 Å². The minimum absolute atomic E-state index is 0. The summed E-state index contributed by atoms with van der Waals surface area (Å²) in [4.78, 5) is 27.0. The van der Waals surface area contributed by atoms with Crippen LogP contribution in [0, 0.1) is 5.92 Å². The van der Waals surface area contributed by atoms with Crippen LogP contribution >= 0.6 is 12.4 Å². The predicted molar refractivity (Wildman–Crippen MR) is 111 cm³/mol. The van der Waals surface area contributed by atoms with Gasteiger partial charge in [0.25, 0.3) is 5.91 Å². The number of methoxy groups -OCH3 is 1. The lowest BCUT2D eigenvalue weighted by atomic mass is 9.90. The van der Waals surface area contributed by atoms with Crippen molar-refractivity contribution in [2.45, 2.75) is 43.0 Å². The van der Waals surface area contributed by atoms with Crippen molar-refractivity contribution in [3.8, 4) is 5.75 Å². The third-order valence-corrected chi connectivity index (χ3v) is 7.57. The Morgan fingerprint density at radius 1 is 1.10 bits per heavy atom. The number of piperidine rings is 2. The van der Waals surface area contributed by atoms with Gasteiger partial charge in [0, 0.05) is 25.6 Å². The lowest BCUT2D eigenvalue weighted by Gasteiger charge is -2.39. The molecule has 2 saturated heterocycles. The van der Waals surface area contributed by atoms with E-state index in [9.17, 15) is 18.0 Å². The zero-order chi connectivity index (χ0) is 21.0. The molecule has 0 aliphatic carbocycles. The number of halogens is 1. The van der Waals surface area contributed by atoms with Gasteiger partial charge in [0.15, 0.2) is 0 Å². The molecule has 9 nitrogen and oxygen atoms in total. The number of nitrogens with one attached hydrogen (secondary N) is 1. The van der Waals surface area contributed by atoms with Crippen LogP contribution in [-0.2, 0) is 19.6 Å². The maximum atomic E-state index is 13.1. The van der Waals surface area contributed by atoms with Crippen molar-refractivity contribution >= 4 is 34.2 Å². The van der Waals surface area contributed by atoms with Gasteiger partial charge in [-0.05, 0) is 56.4 Å². The van der Waals surface area contributed by atoms with Crippen molar-refractivity contribution in [3.05, 3.63) is 24.3 Å². The average Bonchev–Trinajstić information content (AvgIpc) is 2.78. The quantitative estimate of drug-likeness (QED) is 0.505.